The second-order valence-corrected chi connectivity index (χ2v) is 12.0. The van der Waals surface area contributed by atoms with Crippen molar-refractivity contribution in [2.45, 2.75) is 26.2 Å². The van der Waals surface area contributed by atoms with E-state index in [0.29, 0.717) is 5.69 Å². The molecular formula is C38H31N6Pt-3. The first-order chi connectivity index (χ1) is 21.3. The van der Waals surface area contributed by atoms with Gasteiger partial charge in [-0.1, -0.05) is 74.1 Å². The van der Waals surface area contributed by atoms with E-state index in [0.717, 1.165) is 50.4 Å². The van der Waals surface area contributed by atoms with Gasteiger partial charge in [-0.05, 0) is 66.1 Å². The zero-order valence-electron chi connectivity index (χ0n) is 25.5. The van der Waals surface area contributed by atoms with E-state index >= 15 is 0 Å². The molecule has 0 N–H and O–H groups in total. The van der Waals surface area contributed by atoms with Crippen molar-refractivity contribution in [1.82, 2.24) is 14.5 Å². The zero-order valence-corrected chi connectivity index (χ0v) is 27.7. The number of hydrogen-bond donors (Lipinski definition) is 0. The topological polar surface area (TPSA) is 31.9 Å². The van der Waals surface area contributed by atoms with Gasteiger partial charge in [0.2, 0.25) is 0 Å². The first kappa shape index (κ1) is 30.2. The van der Waals surface area contributed by atoms with E-state index in [4.69, 9.17) is 11.6 Å². The van der Waals surface area contributed by atoms with Gasteiger partial charge in [0, 0.05) is 38.5 Å². The normalized spacial score (nSPS) is 12.9. The molecule has 1 aliphatic heterocycles. The molecule has 1 aliphatic rings. The van der Waals surface area contributed by atoms with Crippen LogP contribution in [-0.2, 0) is 26.5 Å². The Kier molecular flexibility index (Phi) is 7.99. The standard InChI is InChI=1S/C38H31N6.Pt/c1-38(2,3)27-17-18-40-37(21-27)44-35-14-10-9-13-33(35)34-16-15-30(25-36(34)44)43(29-11-7-6-8-12-29)32-23-28(39-4)22-31(24-32)42-20-19-41(5)26-42;/h6-23,26H,1-3,5H3;/q-3;. The van der Waals surface area contributed by atoms with Gasteiger partial charge in [-0.25, -0.2) is 4.98 Å². The first-order valence-electron chi connectivity index (χ1n) is 14.6. The van der Waals surface area contributed by atoms with Crippen LogP contribution in [0.5, 0.6) is 0 Å². The van der Waals surface area contributed by atoms with Crippen LogP contribution in [0.4, 0.5) is 28.4 Å². The summed E-state index contributed by atoms with van der Waals surface area (Å²) >= 11 is 0. The SMILES string of the molecule is [C-]#[N+]c1cc(N2C=CN(C)[CH-]2)[c-]c(N(c2[c-]c3c(cc2)c2ccccc2n3-c2cc(C(C)(C)C)ccn2)c2ccccc2)c1.[Pt]. The third kappa shape index (κ3) is 5.61. The van der Waals surface area contributed by atoms with Gasteiger partial charge < -0.3 is 19.3 Å². The molecule has 6 nitrogen and oxygen atoms in total. The molecule has 0 unspecified atom stereocenters. The fraction of sp³-hybridized carbons (Fsp3) is 0.132. The fourth-order valence-corrected chi connectivity index (χ4v) is 5.68. The van der Waals surface area contributed by atoms with Crippen LogP contribution in [0, 0.1) is 25.4 Å². The van der Waals surface area contributed by atoms with Gasteiger partial charge in [-0.15, -0.1) is 41.4 Å². The Morgan fingerprint density at radius 1 is 0.844 bits per heavy atom. The van der Waals surface area contributed by atoms with Gasteiger partial charge in [-0.3, -0.25) is 4.85 Å². The summed E-state index contributed by atoms with van der Waals surface area (Å²) < 4.78 is 2.21. The molecule has 2 aromatic heterocycles. The van der Waals surface area contributed by atoms with E-state index in [2.05, 4.69) is 108 Å². The monoisotopic (exact) mass is 766 g/mol. The molecule has 0 atom stereocenters. The number of rotatable bonds is 5. The van der Waals surface area contributed by atoms with E-state index in [1.54, 1.807) is 0 Å². The molecule has 45 heavy (non-hydrogen) atoms. The van der Waals surface area contributed by atoms with Gasteiger partial charge in [0.1, 0.15) is 5.82 Å². The van der Waals surface area contributed by atoms with Crippen LogP contribution in [0.25, 0.3) is 32.5 Å². The molecular weight excluding hydrogens is 736 g/mol. The summed E-state index contributed by atoms with van der Waals surface area (Å²) in [6.07, 6.45) is 5.83. The first-order valence-corrected chi connectivity index (χ1v) is 14.6. The maximum atomic E-state index is 7.87. The summed E-state index contributed by atoms with van der Waals surface area (Å²) in [7, 11) is 1.97. The molecule has 0 radical (unpaired) electrons. The Bertz CT molecular complexity index is 2080. The molecule has 3 heterocycles. The van der Waals surface area contributed by atoms with Crippen molar-refractivity contribution >= 4 is 50.2 Å². The van der Waals surface area contributed by atoms with Crippen molar-refractivity contribution in [3.05, 3.63) is 145 Å². The minimum Gasteiger partial charge on any atom is -0.510 e. The number of anilines is 4. The van der Waals surface area contributed by atoms with E-state index in [1.807, 2.05) is 72.4 Å². The summed E-state index contributed by atoms with van der Waals surface area (Å²) in [4.78, 5) is 14.7. The Labute approximate surface area is 278 Å². The molecule has 6 aromatic rings. The quantitative estimate of drug-likeness (QED) is 0.164. The van der Waals surface area contributed by atoms with Crippen molar-refractivity contribution in [2.24, 2.45) is 0 Å². The number of fused-ring (bicyclic) bond motifs is 3. The van der Waals surface area contributed by atoms with Gasteiger partial charge in [-0.2, -0.15) is 12.7 Å². The zero-order chi connectivity index (χ0) is 30.4. The average Bonchev–Trinajstić information content (AvgIpc) is 3.62. The summed E-state index contributed by atoms with van der Waals surface area (Å²) in [5, 5.41) is 2.24. The Morgan fingerprint density at radius 3 is 2.36 bits per heavy atom. The van der Waals surface area contributed by atoms with Gasteiger partial charge in [0.15, 0.2) is 0 Å². The van der Waals surface area contributed by atoms with Crippen molar-refractivity contribution < 1.29 is 21.1 Å². The fourth-order valence-electron chi connectivity index (χ4n) is 5.68. The van der Waals surface area contributed by atoms with Crippen LogP contribution >= 0.6 is 0 Å². The van der Waals surface area contributed by atoms with Crippen LogP contribution in [0.3, 0.4) is 0 Å². The number of nitrogens with zero attached hydrogens (tertiary/aromatic N) is 6. The maximum absolute atomic E-state index is 7.87. The van der Waals surface area contributed by atoms with E-state index < -0.39 is 0 Å². The molecule has 7 rings (SSSR count). The second kappa shape index (κ2) is 11.9. The van der Waals surface area contributed by atoms with E-state index in [-0.39, 0.29) is 26.5 Å². The Morgan fingerprint density at radius 2 is 1.62 bits per heavy atom. The van der Waals surface area contributed by atoms with Crippen molar-refractivity contribution in [1.29, 1.82) is 0 Å². The molecule has 0 bridgehead atoms. The summed E-state index contributed by atoms with van der Waals surface area (Å²) in [5.74, 6) is 0.854. The molecule has 0 amide bonds. The molecule has 7 heteroatoms. The number of hydrogen-bond acceptors (Lipinski definition) is 4. The minimum atomic E-state index is -0.0202. The molecule has 0 saturated carbocycles. The van der Waals surface area contributed by atoms with Crippen LogP contribution in [-0.4, -0.2) is 21.5 Å². The second-order valence-electron chi connectivity index (χ2n) is 12.0. The summed E-state index contributed by atoms with van der Waals surface area (Å²) in [6, 6.07) is 38.2. The smallest absolute Gasteiger partial charge is 0.135 e. The molecule has 0 aliphatic carbocycles. The minimum absolute atomic E-state index is 0. The van der Waals surface area contributed by atoms with Crippen LogP contribution < -0.4 is 9.80 Å². The summed E-state index contributed by atoms with van der Waals surface area (Å²) in [5.41, 5.74) is 7.05. The van der Waals surface area contributed by atoms with E-state index in [9.17, 15) is 0 Å². The predicted octanol–water partition coefficient (Wildman–Crippen LogP) is 9.44. The van der Waals surface area contributed by atoms with Crippen molar-refractivity contribution in [2.75, 3.05) is 16.8 Å². The van der Waals surface area contributed by atoms with Crippen molar-refractivity contribution in [3.8, 4) is 5.82 Å². The van der Waals surface area contributed by atoms with Crippen LogP contribution in [0.1, 0.15) is 26.3 Å². The molecule has 0 fully saturated rings. The number of pyridine rings is 1. The maximum Gasteiger partial charge on any atom is 0.135 e. The van der Waals surface area contributed by atoms with Gasteiger partial charge >= 0.3 is 0 Å². The van der Waals surface area contributed by atoms with Crippen molar-refractivity contribution in [3.63, 3.8) is 0 Å². The van der Waals surface area contributed by atoms with Gasteiger partial charge in [0.05, 0.1) is 12.3 Å². The molecule has 226 valence electrons. The largest absolute Gasteiger partial charge is 0.510 e. The third-order valence-corrected chi connectivity index (χ3v) is 7.91. The van der Waals surface area contributed by atoms with Crippen LogP contribution in [0.2, 0.25) is 0 Å². The summed E-state index contributed by atoms with van der Waals surface area (Å²) in [6.45, 7) is 16.5. The Hall–Kier alpha value is -4.85. The number of aromatic nitrogens is 2. The number of benzene rings is 4. The molecule has 0 saturated heterocycles. The van der Waals surface area contributed by atoms with E-state index in [1.165, 1.54) is 5.56 Å². The number of para-hydroxylation sites is 2. The molecule has 4 aromatic carbocycles. The predicted molar refractivity (Wildman–Crippen MR) is 180 cm³/mol. The molecule has 0 spiro atoms. The van der Waals surface area contributed by atoms with Crippen LogP contribution in [0.15, 0.2) is 110 Å². The Balaban J connectivity index is 0.00000357. The average molecular weight is 767 g/mol. The third-order valence-electron chi connectivity index (χ3n) is 7.91. The van der Waals surface area contributed by atoms with Gasteiger partial charge in [0.25, 0.3) is 0 Å².